The molecule has 212 valence electrons. The van der Waals surface area contributed by atoms with Gasteiger partial charge in [-0.05, 0) is 43.7 Å². The Kier molecular flexibility index (Phi) is 6.04. The fourth-order valence-electron chi connectivity index (χ4n) is 7.79. The molecule has 8 heteroatoms. The molecule has 8 nitrogen and oxygen atoms in total. The Hall–Kier alpha value is -4.72. The number of anilines is 2. The van der Waals surface area contributed by atoms with E-state index in [1.54, 1.807) is 48.5 Å². The van der Waals surface area contributed by atoms with Gasteiger partial charge in [0.05, 0.1) is 48.3 Å². The van der Waals surface area contributed by atoms with Crippen LogP contribution in [0.3, 0.4) is 0 Å². The molecular weight excluding hydrogens is 532 g/mol. The van der Waals surface area contributed by atoms with Crippen molar-refractivity contribution in [2.24, 2.45) is 29.6 Å². The number of hydrogen-bond acceptors (Lipinski definition) is 6. The molecule has 0 aromatic heterocycles. The van der Waals surface area contributed by atoms with Crippen LogP contribution in [0.25, 0.3) is 0 Å². The van der Waals surface area contributed by atoms with Gasteiger partial charge in [0.25, 0.3) is 0 Å². The molecule has 42 heavy (non-hydrogen) atoms. The first-order valence-electron chi connectivity index (χ1n) is 14.4. The van der Waals surface area contributed by atoms with Gasteiger partial charge < -0.3 is 9.47 Å². The number of benzene rings is 3. The van der Waals surface area contributed by atoms with Crippen LogP contribution < -0.4 is 19.3 Å². The van der Waals surface area contributed by atoms with Gasteiger partial charge in [-0.1, -0.05) is 66.7 Å². The van der Waals surface area contributed by atoms with E-state index in [0.29, 0.717) is 36.1 Å². The molecule has 2 unspecified atom stereocenters. The predicted octanol–water partition coefficient (Wildman–Crippen LogP) is 4.53. The monoisotopic (exact) mass is 562 g/mol. The first-order valence-corrected chi connectivity index (χ1v) is 14.4. The third kappa shape index (κ3) is 3.35. The summed E-state index contributed by atoms with van der Waals surface area (Å²) < 4.78 is 11.6. The molecule has 1 saturated carbocycles. The molecule has 2 aliphatic heterocycles. The number of para-hydroxylation sites is 4. The van der Waals surface area contributed by atoms with Crippen LogP contribution in [0.5, 0.6) is 11.5 Å². The molecule has 2 heterocycles. The predicted molar refractivity (Wildman–Crippen MR) is 155 cm³/mol. The number of hydrogen-bond donors (Lipinski definition) is 0. The summed E-state index contributed by atoms with van der Waals surface area (Å²) in [5, 5.41) is 0. The third-order valence-corrected chi connectivity index (χ3v) is 9.24. The first-order chi connectivity index (χ1) is 20.5. The van der Waals surface area contributed by atoms with Crippen molar-refractivity contribution in [3.8, 4) is 11.5 Å². The van der Waals surface area contributed by atoms with Crippen molar-refractivity contribution in [2.45, 2.75) is 19.3 Å². The molecule has 4 amide bonds. The number of carbonyl (C=O) groups is 4. The highest BCUT2D eigenvalue weighted by molar-refractivity contribution is 6.27. The van der Waals surface area contributed by atoms with E-state index >= 15 is 0 Å². The minimum atomic E-state index is -1.20. The third-order valence-electron chi connectivity index (χ3n) is 9.24. The van der Waals surface area contributed by atoms with E-state index in [-0.39, 0.29) is 23.6 Å². The number of carbonyl (C=O) groups excluding carboxylic acids is 4. The minimum Gasteiger partial charge on any atom is -0.492 e. The van der Waals surface area contributed by atoms with Gasteiger partial charge in [-0.3, -0.25) is 19.2 Å². The highest BCUT2D eigenvalue weighted by Crippen LogP contribution is 2.65. The molecule has 0 radical (unpaired) electrons. The zero-order valence-electron chi connectivity index (χ0n) is 23.3. The molecule has 2 bridgehead atoms. The lowest BCUT2D eigenvalue weighted by molar-refractivity contribution is -0.140. The van der Waals surface area contributed by atoms with E-state index in [1.807, 2.05) is 56.3 Å². The molecule has 3 fully saturated rings. The summed E-state index contributed by atoms with van der Waals surface area (Å²) in [5.74, 6) is -4.63. The van der Waals surface area contributed by atoms with Crippen LogP contribution in [0.1, 0.15) is 19.4 Å². The lowest BCUT2D eigenvalue weighted by Gasteiger charge is -2.53. The molecule has 8 rings (SSSR count). The van der Waals surface area contributed by atoms with E-state index in [0.717, 1.165) is 5.56 Å². The van der Waals surface area contributed by atoms with Crippen molar-refractivity contribution in [3.63, 3.8) is 0 Å². The maximum absolute atomic E-state index is 14.5. The van der Waals surface area contributed by atoms with Gasteiger partial charge in [-0.25, -0.2) is 9.80 Å². The molecule has 6 atom stereocenters. The van der Waals surface area contributed by atoms with Crippen molar-refractivity contribution in [3.05, 3.63) is 96.6 Å². The van der Waals surface area contributed by atoms with Gasteiger partial charge in [0.1, 0.15) is 11.5 Å². The molecule has 5 aliphatic rings. The normalized spacial score (nSPS) is 29.2. The van der Waals surface area contributed by atoms with Crippen molar-refractivity contribution in [1.29, 1.82) is 0 Å². The molecule has 0 spiro atoms. The van der Waals surface area contributed by atoms with E-state index in [2.05, 4.69) is 0 Å². The quantitative estimate of drug-likeness (QED) is 0.310. The van der Waals surface area contributed by atoms with Crippen LogP contribution in [0, 0.1) is 29.6 Å². The standard InChI is InChI=1S/C34H30N2O6/c1-3-41-24-16-10-8-14-22(24)35-30(37)26-21-18-19-34(28(26)32(35)39,20-12-6-5-7-13-20)29-27(21)31(38)36(33(29)40)23-15-9-11-17-25(23)42-4-2/h5-19,21,26-29H,3-4H2,1-2H3/t21?,26-,27+,28+,29-,34?. The van der Waals surface area contributed by atoms with Crippen LogP contribution in [0.4, 0.5) is 11.4 Å². The van der Waals surface area contributed by atoms with E-state index in [4.69, 9.17) is 9.47 Å². The number of amides is 4. The van der Waals surface area contributed by atoms with Crippen molar-refractivity contribution in [2.75, 3.05) is 23.0 Å². The lowest BCUT2D eigenvalue weighted by Crippen LogP contribution is -2.60. The fourth-order valence-corrected chi connectivity index (χ4v) is 7.79. The largest absolute Gasteiger partial charge is 0.492 e. The summed E-state index contributed by atoms with van der Waals surface area (Å²) in [6.45, 7) is 4.41. The minimum absolute atomic E-state index is 0.366. The number of rotatable bonds is 7. The van der Waals surface area contributed by atoms with Crippen LogP contribution in [0.2, 0.25) is 0 Å². The Morgan fingerprint density at radius 3 is 1.55 bits per heavy atom. The molecule has 3 aliphatic carbocycles. The summed E-state index contributed by atoms with van der Waals surface area (Å²) in [5.41, 5.74) is 0.282. The van der Waals surface area contributed by atoms with Gasteiger partial charge in [0.15, 0.2) is 0 Å². The van der Waals surface area contributed by atoms with Gasteiger partial charge in [-0.15, -0.1) is 0 Å². The summed E-state index contributed by atoms with van der Waals surface area (Å²) in [7, 11) is 0. The molecule has 2 saturated heterocycles. The summed E-state index contributed by atoms with van der Waals surface area (Å²) in [6, 6.07) is 23.3. The Labute approximate surface area is 243 Å². The number of ether oxygens (including phenoxy) is 2. The van der Waals surface area contributed by atoms with Crippen LogP contribution >= 0.6 is 0 Å². The van der Waals surface area contributed by atoms with Crippen molar-refractivity contribution in [1.82, 2.24) is 0 Å². The van der Waals surface area contributed by atoms with E-state index < -0.39 is 35.0 Å². The number of imide groups is 2. The van der Waals surface area contributed by atoms with Gasteiger partial charge >= 0.3 is 0 Å². The second kappa shape index (κ2) is 9.69. The Morgan fingerprint density at radius 1 is 0.619 bits per heavy atom. The first kappa shape index (κ1) is 26.2. The molecule has 3 aromatic rings. The van der Waals surface area contributed by atoms with Gasteiger partial charge in [0, 0.05) is 11.3 Å². The molecule has 0 N–H and O–H groups in total. The zero-order valence-corrected chi connectivity index (χ0v) is 23.3. The van der Waals surface area contributed by atoms with Crippen LogP contribution in [-0.2, 0) is 24.6 Å². The Bertz CT molecular complexity index is 1550. The highest BCUT2D eigenvalue weighted by atomic mass is 16.5. The smallest absolute Gasteiger partial charge is 0.239 e. The number of allylic oxidation sites excluding steroid dienone is 2. The number of nitrogens with zero attached hydrogens (tertiary/aromatic N) is 2. The Morgan fingerprint density at radius 2 is 1.07 bits per heavy atom. The summed E-state index contributed by atoms with van der Waals surface area (Å²) in [6.07, 6.45) is 3.81. The summed E-state index contributed by atoms with van der Waals surface area (Å²) in [4.78, 5) is 60.1. The SMILES string of the molecule is CCOc1ccccc1N1C(=O)[C@@H]2C3C=CC(c4ccccc4)([C@@H]2C1=O)[C@H]1C(=O)N(c2ccccc2OCC)C(=O)[C@@H]31. The Balaban J connectivity index is 1.41. The van der Waals surface area contributed by atoms with Crippen molar-refractivity contribution < 1.29 is 28.7 Å². The highest BCUT2D eigenvalue weighted by Gasteiger charge is 2.75. The fraction of sp³-hybridized carbons (Fsp3) is 0.294. The second-order valence-corrected chi connectivity index (χ2v) is 11.1. The lowest BCUT2D eigenvalue weighted by atomic mass is 9.45. The average Bonchev–Trinajstić information content (AvgIpc) is 3.45. The maximum atomic E-state index is 14.5. The van der Waals surface area contributed by atoms with E-state index in [9.17, 15) is 19.2 Å². The van der Waals surface area contributed by atoms with E-state index in [1.165, 1.54) is 9.80 Å². The average molecular weight is 563 g/mol. The van der Waals surface area contributed by atoms with Crippen LogP contribution in [0.15, 0.2) is 91.0 Å². The van der Waals surface area contributed by atoms with Gasteiger partial charge in [-0.2, -0.15) is 0 Å². The molecular formula is C34H30N2O6. The zero-order chi connectivity index (χ0) is 29.2. The maximum Gasteiger partial charge on any atom is 0.239 e. The summed E-state index contributed by atoms with van der Waals surface area (Å²) >= 11 is 0. The van der Waals surface area contributed by atoms with Crippen LogP contribution in [-0.4, -0.2) is 36.8 Å². The van der Waals surface area contributed by atoms with Crippen molar-refractivity contribution >= 4 is 35.0 Å². The topological polar surface area (TPSA) is 93.2 Å². The van der Waals surface area contributed by atoms with Gasteiger partial charge in [0.2, 0.25) is 23.6 Å². The second-order valence-electron chi connectivity index (χ2n) is 11.1. The molecule has 3 aromatic carbocycles.